The summed E-state index contributed by atoms with van der Waals surface area (Å²) < 4.78 is 5.38. The van der Waals surface area contributed by atoms with Crippen molar-refractivity contribution in [3.05, 3.63) is 57.4 Å². The highest BCUT2D eigenvalue weighted by atomic mass is 35.5. The minimum atomic E-state index is -0.198. The van der Waals surface area contributed by atoms with Crippen LogP contribution in [0.5, 0.6) is 0 Å². The smallest absolute Gasteiger partial charge is 0.267 e. The van der Waals surface area contributed by atoms with Crippen molar-refractivity contribution in [2.75, 3.05) is 36.9 Å². The third-order valence-corrected chi connectivity index (χ3v) is 6.01. The van der Waals surface area contributed by atoms with Gasteiger partial charge in [-0.05, 0) is 36.6 Å². The molecule has 8 nitrogen and oxygen atoms in total. The molecule has 0 unspecified atom stereocenters. The van der Waals surface area contributed by atoms with Crippen molar-refractivity contribution in [1.82, 2.24) is 19.9 Å². The average Bonchev–Trinajstić information content (AvgIpc) is 3.19. The summed E-state index contributed by atoms with van der Waals surface area (Å²) in [6, 6.07) is 7.75. The molecular weight excluding hydrogens is 436 g/mol. The van der Waals surface area contributed by atoms with Gasteiger partial charge in [0, 0.05) is 31.4 Å². The lowest BCUT2D eigenvalue weighted by Gasteiger charge is -2.26. The van der Waals surface area contributed by atoms with Crippen LogP contribution in [0.3, 0.4) is 0 Å². The number of aryl methyl sites for hydroxylation is 2. The number of benzene rings is 1. The van der Waals surface area contributed by atoms with Crippen LogP contribution in [0.15, 0.2) is 30.5 Å². The molecule has 162 valence electrons. The highest BCUT2D eigenvalue weighted by molar-refractivity contribution is 7.17. The van der Waals surface area contributed by atoms with E-state index in [1.54, 1.807) is 6.20 Å². The maximum Gasteiger partial charge on any atom is 0.267 e. The third-order valence-electron chi connectivity index (χ3n) is 4.93. The van der Waals surface area contributed by atoms with Crippen molar-refractivity contribution < 1.29 is 9.53 Å². The topological polar surface area (TPSA) is 92.3 Å². The normalized spacial score (nSPS) is 14.4. The van der Waals surface area contributed by atoms with Crippen LogP contribution < -0.4 is 10.6 Å². The number of para-hydroxylation sites is 1. The first kappa shape index (κ1) is 21.6. The molecule has 0 spiro atoms. The number of nitrogens with zero attached hydrogens (tertiary/aromatic N) is 4. The second-order valence-corrected chi connectivity index (χ2v) is 8.65. The summed E-state index contributed by atoms with van der Waals surface area (Å²) in [6.45, 7) is 7.75. The summed E-state index contributed by atoms with van der Waals surface area (Å²) in [5.74, 6) is 0.344. The number of carbonyl (C=O) groups is 1. The van der Waals surface area contributed by atoms with Crippen molar-refractivity contribution in [2.45, 2.75) is 20.4 Å². The Kier molecular flexibility index (Phi) is 6.77. The van der Waals surface area contributed by atoms with Gasteiger partial charge in [-0.3, -0.25) is 9.69 Å². The van der Waals surface area contributed by atoms with Crippen LogP contribution in [0, 0.1) is 13.8 Å². The number of anilines is 3. The lowest BCUT2D eigenvalue weighted by atomic mass is 10.1. The Balaban J connectivity index is 1.44. The third kappa shape index (κ3) is 5.56. The van der Waals surface area contributed by atoms with Gasteiger partial charge in [-0.1, -0.05) is 29.5 Å². The second-order valence-electron chi connectivity index (χ2n) is 7.28. The predicted octanol–water partition coefficient (Wildman–Crippen LogP) is 4.03. The Bertz CT molecular complexity index is 1060. The fourth-order valence-corrected chi connectivity index (χ4v) is 4.25. The molecule has 1 saturated heterocycles. The molecule has 2 N–H and O–H groups in total. The SMILES string of the molecule is Cc1cccc(C)c1NC(=O)c1cnc(Nc2cc(CN3CCOCC3)nc(Cl)n2)s1. The van der Waals surface area contributed by atoms with Gasteiger partial charge in [0.2, 0.25) is 5.28 Å². The van der Waals surface area contributed by atoms with E-state index in [0.717, 1.165) is 48.8 Å². The highest BCUT2D eigenvalue weighted by Crippen LogP contribution is 2.25. The van der Waals surface area contributed by atoms with E-state index in [1.807, 2.05) is 38.1 Å². The van der Waals surface area contributed by atoms with E-state index in [2.05, 4.69) is 30.5 Å². The van der Waals surface area contributed by atoms with Crippen molar-refractivity contribution in [3.8, 4) is 0 Å². The van der Waals surface area contributed by atoms with Crippen molar-refractivity contribution >= 4 is 45.5 Å². The van der Waals surface area contributed by atoms with Crippen LogP contribution in [-0.2, 0) is 11.3 Å². The van der Waals surface area contributed by atoms with Crippen LogP contribution in [0.4, 0.5) is 16.6 Å². The molecule has 10 heteroatoms. The van der Waals surface area contributed by atoms with Crippen molar-refractivity contribution in [1.29, 1.82) is 0 Å². The molecular formula is C21H23ClN6O2S. The summed E-state index contributed by atoms with van der Waals surface area (Å²) >= 11 is 7.37. The molecule has 0 bridgehead atoms. The highest BCUT2D eigenvalue weighted by Gasteiger charge is 2.16. The molecule has 0 atom stereocenters. The van der Waals surface area contributed by atoms with E-state index in [0.29, 0.717) is 22.4 Å². The molecule has 0 aliphatic carbocycles. The zero-order valence-electron chi connectivity index (χ0n) is 17.3. The van der Waals surface area contributed by atoms with E-state index in [1.165, 1.54) is 11.3 Å². The Morgan fingerprint density at radius 3 is 2.71 bits per heavy atom. The number of hydrogen-bond donors (Lipinski definition) is 2. The van der Waals surface area contributed by atoms with E-state index in [4.69, 9.17) is 16.3 Å². The molecule has 1 aliphatic heterocycles. The zero-order chi connectivity index (χ0) is 21.8. The molecule has 2 aromatic heterocycles. The summed E-state index contributed by atoms with van der Waals surface area (Å²) in [6.07, 6.45) is 1.55. The molecule has 3 heterocycles. The zero-order valence-corrected chi connectivity index (χ0v) is 18.9. The van der Waals surface area contributed by atoms with Crippen LogP contribution in [0.2, 0.25) is 5.28 Å². The van der Waals surface area contributed by atoms with Gasteiger partial charge in [0.05, 0.1) is 25.1 Å². The second kappa shape index (κ2) is 9.69. The summed E-state index contributed by atoms with van der Waals surface area (Å²) in [4.78, 5) is 28.3. The van der Waals surface area contributed by atoms with E-state index in [9.17, 15) is 4.79 Å². The number of carbonyl (C=O) groups excluding carboxylic acids is 1. The summed E-state index contributed by atoms with van der Waals surface area (Å²) in [5, 5.41) is 6.83. The largest absolute Gasteiger partial charge is 0.379 e. The van der Waals surface area contributed by atoms with Crippen LogP contribution in [0.25, 0.3) is 0 Å². The molecule has 1 aliphatic rings. The lowest BCUT2D eigenvalue weighted by Crippen LogP contribution is -2.35. The number of ether oxygens (including phenoxy) is 1. The van der Waals surface area contributed by atoms with Gasteiger partial charge in [0.25, 0.3) is 5.91 Å². The first-order chi connectivity index (χ1) is 15.0. The standard InChI is InChI=1S/C21H23ClN6O2S/c1-13-4-3-5-14(2)18(13)27-19(29)16-11-23-21(31-16)26-17-10-15(24-20(22)25-17)12-28-6-8-30-9-7-28/h3-5,10-11H,6-9,12H2,1-2H3,(H,27,29)(H,23,24,25,26). The number of halogens is 1. The average molecular weight is 459 g/mol. The number of rotatable bonds is 6. The fraction of sp³-hybridized carbons (Fsp3) is 0.333. The fourth-order valence-electron chi connectivity index (χ4n) is 3.33. The lowest BCUT2D eigenvalue weighted by molar-refractivity contribution is 0.0336. The monoisotopic (exact) mass is 458 g/mol. The molecule has 4 rings (SSSR count). The first-order valence-electron chi connectivity index (χ1n) is 9.92. The van der Waals surface area contributed by atoms with Crippen LogP contribution in [0.1, 0.15) is 26.5 Å². The maximum atomic E-state index is 12.7. The van der Waals surface area contributed by atoms with Gasteiger partial charge in [0.1, 0.15) is 10.7 Å². The van der Waals surface area contributed by atoms with E-state index < -0.39 is 0 Å². The quantitative estimate of drug-likeness (QED) is 0.538. The van der Waals surface area contributed by atoms with Gasteiger partial charge in [-0.25, -0.2) is 15.0 Å². The van der Waals surface area contributed by atoms with Crippen LogP contribution >= 0.6 is 22.9 Å². The summed E-state index contributed by atoms with van der Waals surface area (Å²) in [7, 11) is 0. The molecule has 1 fully saturated rings. The minimum absolute atomic E-state index is 0.165. The number of thiazole rings is 1. The Morgan fingerprint density at radius 2 is 1.97 bits per heavy atom. The van der Waals surface area contributed by atoms with Crippen LogP contribution in [-0.4, -0.2) is 52.1 Å². The van der Waals surface area contributed by atoms with E-state index in [-0.39, 0.29) is 11.2 Å². The Morgan fingerprint density at radius 1 is 1.23 bits per heavy atom. The van der Waals surface area contributed by atoms with E-state index >= 15 is 0 Å². The van der Waals surface area contributed by atoms with Gasteiger partial charge >= 0.3 is 0 Å². The number of nitrogens with one attached hydrogen (secondary N) is 2. The van der Waals surface area contributed by atoms with Gasteiger partial charge in [-0.15, -0.1) is 0 Å². The molecule has 1 amide bonds. The van der Waals surface area contributed by atoms with Crippen molar-refractivity contribution in [2.24, 2.45) is 0 Å². The van der Waals surface area contributed by atoms with Gasteiger partial charge in [-0.2, -0.15) is 0 Å². The predicted molar refractivity (Wildman–Crippen MR) is 122 cm³/mol. The minimum Gasteiger partial charge on any atom is -0.379 e. The molecule has 0 radical (unpaired) electrons. The number of aromatic nitrogens is 3. The first-order valence-corrected chi connectivity index (χ1v) is 11.1. The maximum absolute atomic E-state index is 12.7. The Labute approximate surface area is 189 Å². The molecule has 3 aromatic rings. The Hall–Kier alpha value is -2.59. The molecule has 31 heavy (non-hydrogen) atoms. The molecule has 1 aromatic carbocycles. The van der Waals surface area contributed by atoms with Gasteiger partial charge < -0.3 is 15.4 Å². The number of hydrogen-bond acceptors (Lipinski definition) is 8. The summed E-state index contributed by atoms with van der Waals surface area (Å²) in [5.41, 5.74) is 3.67. The number of morpholine rings is 1. The number of amides is 1. The molecule has 0 saturated carbocycles. The van der Waals surface area contributed by atoms with Crippen molar-refractivity contribution in [3.63, 3.8) is 0 Å². The van der Waals surface area contributed by atoms with Gasteiger partial charge in [0.15, 0.2) is 5.13 Å².